The molecule has 10 heteroatoms. The molecular formula is C46H92NO8P. The molecule has 56 heavy (non-hydrogen) atoms. The van der Waals surface area contributed by atoms with E-state index in [1.807, 2.05) is 21.1 Å². The fourth-order valence-corrected chi connectivity index (χ4v) is 7.62. The van der Waals surface area contributed by atoms with Crippen molar-refractivity contribution in [2.45, 2.75) is 238 Å². The summed E-state index contributed by atoms with van der Waals surface area (Å²) in [6.45, 7) is 4.27. The summed E-state index contributed by atoms with van der Waals surface area (Å²) in [5.41, 5.74) is 0. The van der Waals surface area contributed by atoms with E-state index < -0.39 is 26.5 Å². The van der Waals surface area contributed by atoms with Gasteiger partial charge in [0, 0.05) is 12.8 Å². The van der Waals surface area contributed by atoms with Crippen LogP contribution in [0.1, 0.15) is 232 Å². The summed E-state index contributed by atoms with van der Waals surface area (Å²) in [6, 6.07) is 0. The third-order valence-electron chi connectivity index (χ3n) is 10.6. The van der Waals surface area contributed by atoms with Crippen LogP contribution in [-0.2, 0) is 32.7 Å². The van der Waals surface area contributed by atoms with E-state index >= 15 is 0 Å². The molecule has 2 atom stereocenters. The lowest BCUT2D eigenvalue weighted by Crippen LogP contribution is -2.37. The van der Waals surface area contributed by atoms with E-state index in [0.29, 0.717) is 17.4 Å². The smallest absolute Gasteiger partial charge is 0.306 e. The van der Waals surface area contributed by atoms with Crippen LogP contribution in [0.15, 0.2) is 0 Å². The maximum atomic E-state index is 12.7. The fraction of sp³-hybridized carbons (Fsp3) is 0.957. The Morgan fingerprint density at radius 3 is 1.14 bits per heavy atom. The van der Waals surface area contributed by atoms with Crippen LogP contribution in [0, 0.1) is 0 Å². The summed E-state index contributed by atoms with van der Waals surface area (Å²) < 4.78 is 34.0. The van der Waals surface area contributed by atoms with E-state index in [2.05, 4.69) is 13.8 Å². The summed E-state index contributed by atoms with van der Waals surface area (Å²) in [6.07, 6.45) is 39.8. The lowest BCUT2D eigenvalue weighted by atomic mass is 10.0. The molecule has 0 heterocycles. The minimum absolute atomic E-state index is 0.0255. The highest BCUT2D eigenvalue weighted by Crippen LogP contribution is 2.38. The Bertz CT molecular complexity index is 927. The van der Waals surface area contributed by atoms with E-state index in [9.17, 15) is 19.0 Å². The molecule has 0 aromatic carbocycles. The van der Waals surface area contributed by atoms with Crippen LogP contribution in [-0.4, -0.2) is 70.0 Å². The number of hydrogen-bond donors (Lipinski definition) is 0. The van der Waals surface area contributed by atoms with E-state index in [0.717, 1.165) is 32.1 Å². The highest BCUT2D eigenvalue weighted by atomic mass is 31.2. The maximum Gasteiger partial charge on any atom is 0.306 e. The molecule has 2 unspecified atom stereocenters. The van der Waals surface area contributed by atoms with Crippen LogP contribution in [0.3, 0.4) is 0 Å². The molecule has 0 fully saturated rings. The van der Waals surface area contributed by atoms with Crippen molar-refractivity contribution in [2.75, 3.05) is 47.5 Å². The van der Waals surface area contributed by atoms with Gasteiger partial charge in [-0.3, -0.25) is 14.2 Å². The standard InChI is InChI=1S/C46H92NO8P/c1-6-8-10-12-14-16-18-20-22-23-24-25-27-29-31-33-35-37-39-46(49)55-44(43-54-56(50,51)53-41-40-47(3,4)5)42-52-45(48)38-36-34-32-30-28-26-21-19-17-15-13-11-9-7-2/h44H,6-43H2,1-5H3. The second-order valence-corrected chi connectivity index (χ2v) is 18.9. The first kappa shape index (κ1) is 55.0. The van der Waals surface area contributed by atoms with Gasteiger partial charge in [-0.05, 0) is 12.8 Å². The molecule has 0 aliphatic heterocycles. The molecule has 0 radical (unpaired) electrons. The number of phosphoric acid groups is 1. The Kier molecular flexibility index (Phi) is 38.8. The summed E-state index contributed by atoms with van der Waals surface area (Å²) in [4.78, 5) is 37.6. The maximum absolute atomic E-state index is 12.7. The molecule has 9 nitrogen and oxygen atoms in total. The number of carbonyl (C=O) groups excluding carboxylic acids is 2. The Balaban J connectivity index is 4.25. The van der Waals surface area contributed by atoms with Crippen LogP contribution < -0.4 is 4.89 Å². The van der Waals surface area contributed by atoms with Crippen molar-refractivity contribution in [3.05, 3.63) is 0 Å². The normalized spacial score (nSPS) is 13.5. The number of nitrogens with zero attached hydrogens (tertiary/aromatic N) is 1. The first-order chi connectivity index (χ1) is 27.0. The molecule has 0 rings (SSSR count). The minimum Gasteiger partial charge on any atom is -0.756 e. The molecule has 334 valence electrons. The van der Waals surface area contributed by atoms with Gasteiger partial charge in [0.1, 0.15) is 19.8 Å². The van der Waals surface area contributed by atoms with Crippen molar-refractivity contribution >= 4 is 19.8 Å². The second-order valence-electron chi connectivity index (χ2n) is 17.5. The van der Waals surface area contributed by atoms with Gasteiger partial charge >= 0.3 is 11.9 Å². The van der Waals surface area contributed by atoms with Crippen molar-refractivity contribution in [3.63, 3.8) is 0 Å². The molecule has 0 aliphatic carbocycles. The quantitative estimate of drug-likeness (QED) is 0.0259. The number of rotatable bonds is 44. The van der Waals surface area contributed by atoms with Crippen molar-refractivity contribution < 1.29 is 42.1 Å². The summed E-state index contributed by atoms with van der Waals surface area (Å²) in [5.74, 6) is -0.817. The van der Waals surface area contributed by atoms with Crippen LogP contribution in [0.25, 0.3) is 0 Å². The molecule has 0 aliphatic rings. The molecule has 0 bridgehead atoms. The number of phosphoric ester groups is 1. The van der Waals surface area contributed by atoms with Gasteiger partial charge < -0.3 is 27.9 Å². The van der Waals surface area contributed by atoms with Crippen molar-refractivity contribution in [1.82, 2.24) is 0 Å². The van der Waals surface area contributed by atoms with Crippen molar-refractivity contribution in [2.24, 2.45) is 0 Å². The molecule has 0 N–H and O–H groups in total. The Hall–Kier alpha value is -0.990. The number of hydrogen-bond acceptors (Lipinski definition) is 8. The summed E-state index contributed by atoms with van der Waals surface area (Å²) in [7, 11) is 1.18. The van der Waals surface area contributed by atoms with E-state index in [1.165, 1.54) is 167 Å². The molecule has 0 aromatic rings. The van der Waals surface area contributed by atoms with Crippen molar-refractivity contribution in [1.29, 1.82) is 0 Å². The molecular weight excluding hydrogens is 725 g/mol. The van der Waals surface area contributed by atoms with Gasteiger partial charge in [0.15, 0.2) is 6.10 Å². The largest absolute Gasteiger partial charge is 0.756 e. The third-order valence-corrected chi connectivity index (χ3v) is 11.6. The minimum atomic E-state index is -4.62. The average molecular weight is 818 g/mol. The molecule has 0 amide bonds. The molecule has 0 aromatic heterocycles. The Morgan fingerprint density at radius 2 is 0.804 bits per heavy atom. The number of carbonyl (C=O) groups is 2. The first-order valence-electron chi connectivity index (χ1n) is 23.7. The molecule has 0 saturated carbocycles. The van der Waals surface area contributed by atoms with Gasteiger partial charge in [0.2, 0.25) is 0 Å². The topological polar surface area (TPSA) is 111 Å². The predicted octanol–water partition coefficient (Wildman–Crippen LogP) is 13.0. The van der Waals surface area contributed by atoms with Crippen molar-refractivity contribution in [3.8, 4) is 0 Å². The number of esters is 2. The Labute approximate surface area is 346 Å². The van der Waals surface area contributed by atoms with Gasteiger partial charge in [-0.1, -0.05) is 206 Å². The molecule has 0 spiro atoms. The number of unbranched alkanes of at least 4 members (excludes halogenated alkanes) is 30. The lowest BCUT2D eigenvalue weighted by molar-refractivity contribution is -0.870. The average Bonchev–Trinajstić information content (AvgIpc) is 3.15. The SMILES string of the molecule is CCCCCCCCCCCCCCCCCCCCC(=O)OC(COC(=O)CCCCCCCCCCCCCCCC)COP(=O)([O-])OCC[N+](C)(C)C. The number of likely N-dealkylation sites (N-methyl/N-ethyl adjacent to an activating group) is 1. The lowest BCUT2D eigenvalue weighted by Gasteiger charge is -2.28. The van der Waals surface area contributed by atoms with E-state index in [-0.39, 0.29) is 32.0 Å². The van der Waals surface area contributed by atoms with Gasteiger partial charge in [0.05, 0.1) is 27.7 Å². The number of ether oxygens (including phenoxy) is 2. The summed E-state index contributed by atoms with van der Waals surface area (Å²) >= 11 is 0. The van der Waals surface area contributed by atoms with Gasteiger partial charge in [-0.15, -0.1) is 0 Å². The summed E-state index contributed by atoms with van der Waals surface area (Å²) in [5, 5.41) is 0. The first-order valence-corrected chi connectivity index (χ1v) is 25.2. The van der Waals surface area contributed by atoms with E-state index in [4.69, 9.17) is 18.5 Å². The van der Waals surface area contributed by atoms with Crippen LogP contribution in [0.4, 0.5) is 0 Å². The monoisotopic (exact) mass is 818 g/mol. The zero-order chi connectivity index (χ0) is 41.4. The van der Waals surface area contributed by atoms with Crippen LogP contribution >= 0.6 is 7.82 Å². The zero-order valence-corrected chi connectivity index (χ0v) is 38.5. The van der Waals surface area contributed by atoms with Gasteiger partial charge in [0.25, 0.3) is 7.82 Å². The zero-order valence-electron chi connectivity index (χ0n) is 37.6. The number of quaternary nitrogens is 1. The fourth-order valence-electron chi connectivity index (χ4n) is 6.89. The highest BCUT2D eigenvalue weighted by molar-refractivity contribution is 7.45. The Morgan fingerprint density at radius 1 is 0.482 bits per heavy atom. The van der Waals surface area contributed by atoms with Crippen LogP contribution in [0.5, 0.6) is 0 Å². The van der Waals surface area contributed by atoms with E-state index in [1.54, 1.807) is 0 Å². The van der Waals surface area contributed by atoms with Crippen LogP contribution in [0.2, 0.25) is 0 Å². The van der Waals surface area contributed by atoms with Gasteiger partial charge in [-0.2, -0.15) is 0 Å². The third kappa shape index (κ3) is 42.6. The predicted molar refractivity (Wildman–Crippen MR) is 232 cm³/mol. The van der Waals surface area contributed by atoms with Gasteiger partial charge in [-0.25, -0.2) is 0 Å². The second kappa shape index (κ2) is 39.5. The highest BCUT2D eigenvalue weighted by Gasteiger charge is 2.21. The molecule has 0 saturated heterocycles.